The van der Waals surface area contributed by atoms with Crippen LogP contribution in [0, 0.1) is 34.5 Å². The third-order valence-corrected chi connectivity index (χ3v) is 8.50. The number of hydrogen-bond acceptors (Lipinski definition) is 5. The van der Waals surface area contributed by atoms with E-state index in [9.17, 15) is 19.8 Å². The Morgan fingerprint density at radius 2 is 2.00 bits per heavy atom. The first-order valence-corrected chi connectivity index (χ1v) is 10.2. The molecule has 2 bridgehead atoms. The highest BCUT2D eigenvalue weighted by Gasteiger charge is 2.67. The summed E-state index contributed by atoms with van der Waals surface area (Å²) in [5.74, 6) is -0.220. The number of hydrogen-bond donors (Lipinski definition) is 2. The second-order valence-corrected chi connectivity index (χ2v) is 9.26. The third-order valence-electron chi connectivity index (χ3n) is 8.50. The van der Waals surface area contributed by atoms with Crippen molar-refractivity contribution in [2.24, 2.45) is 34.5 Å². The van der Waals surface area contributed by atoms with Gasteiger partial charge in [-0.05, 0) is 48.9 Å². The van der Waals surface area contributed by atoms with Crippen LogP contribution in [-0.2, 0) is 14.3 Å². The second-order valence-electron chi connectivity index (χ2n) is 9.26. The molecule has 3 rings (SSSR count). The number of aliphatic hydroxyl groups excluding tert-OH is 2. The van der Waals surface area contributed by atoms with Gasteiger partial charge >= 0.3 is 5.97 Å². The molecule has 0 aromatic heterocycles. The highest BCUT2D eigenvalue weighted by molar-refractivity contribution is 5.85. The molecular weight excluding hydrogens is 332 g/mol. The van der Waals surface area contributed by atoms with E-state index >= 15 is 0 Å². The van der Waals surface area contributed by atoms with Gasteiger partial charge in [0.2, 0.25) is 0 Å². The topological polar surface area (TPSA) is 83.8 Å². The van der Waals surface area contributed by atoms with Crippen molar-refractivity contribution in [1.82, 2.24) is 0 Å². The minimum Gasteiger partial charge on any atom is -0.460 e. The lowest BCUT2D eigenvalue weighted by Crippen LogP contribution is -2.61. The lowest BCUT2D eigenvalue weighted by Gasteiger charge is -2.60. The average molecular weight is 366 g/mol. The van der Waals surface area contributed by atoms with E-state index in [0.717, 1.165) is 25.7 Å². The van der Waals surface area contributed by atoms with Crippen LogP contribution in [0.5, 0.6) is 0 Å². The van der Waals surface area contributed by atoms with Crippen LogP contribution in [-0.4, -0.2) is 40.8 Å². The van der Waals surface area contributed by atoms with Crippen molar-refractivity contribution in [3.05, 3.63) is 0 Å². The third kappa shape index (κ3) is 2.65. The summed E-state index contributed by atoms with van der Waals surface area (Å²) in [4.78, 5) is 25.0. The molecule has 0 saturated heterocycles. The molecule has 148 valence electrons. The maximum absolute atomic E-state index is 13.1. The Bertz CT molecular complexity index is 575. The molecule has 5 nitrogen and oxygen atoms in total. The van der Waals surface area contributed by atoms with Gasteiger partial charge in [-0.25, -0.2) is 4.79 Å². The number of carbonyl (C=O) groups excluding carboxylic acids is 2. The van der Waals surface area contributed by atoms with Crippen molar-refractivity contribution >= 4 is 11.8 Å². The monoisotopic (exact) mass is 366 g/mol. The summed E-state index contributed by atoms with van der Waals surface area (Å²) in [7, 11) is 0. The minimum atomic E-state index is -0.652. The lowest BCUT2D eigenvalue weighted by molar-refractivity contribution is -0.202. The molecule has 3 saturated carbocycles. The van der Waals surface area contributed by atoms with Crippen LogP contribution in [0.1, 0.15) is 66.2 Å². The van der Waals surface area contributed by atoms with Gasteiger partial charge in [-0.3, -0.25) is 4.79 Å². The van der Waals surface area contributed by atoms with Crippen molar-refractivity contribution in [2.75, 3.05) is 6.61 Å². The zero-order valence-electron chi connectivity index (χ0n) is 16.5. The summed E-state index contributed by atoms with van der Waals surface area (Å²) in [6.45, 7) is 7.81. The normalized spacial score (nSPS) is 48.5. The Balaban J connectivity index is 2.14. The van der Waals surface area contributed by atoms with Crippen LogP contribution in [0.4, 0.5) is 0 Å². The maximum atomic E-state index is 13.1. The van der Waals surface area contributed by atoms with Crippen molar-refractivity contribution < 1.29 is 24.5 Å². The Kier molecular flexibility index (Phi) is 5.26. The lowest BCUT2D eigenvalue weighted by atomic mass is 9.45. The van der Waals surface area contributed by atoms with Gasteiger partial charge < -0.3 is 14.9 Å². The zero-order chi connectivity index (χ0) is 19.3. The van der Waals surface area contributed by atoms with Crippen LogP contribution in [0.3, 0.4) is 0 Å². The molecule has 2 N–H and O–H groups in total. The van der Waals surface area contributed by atoms with Crippen molar-refractivity contribution in [1.29, 1.82) is 0 Å². The molecule has 3 unspecified atom stereocenters. The Morgan fingerprint density at radius 1 is 1.31 bits per heavy atom. The number of ketones is 1. The predicted molar refractivity (Wildman–Crippen MR) is 97.2 cm³/mol. The summed E-state index contributed by atoms with van der Waals surface area (Å²) in [5, 5.41) is 20.4. The highest BCUT2D eigenvalue weighted by Crippen LogP contribution is 2.66. The number of ether oxygens (including phenoxy) is 1. The molecule has 3 aliphatic carbocycles. The number of Topliss-reactive ketones (excluding diaryl/α,β-unsaturated/α-hetero) is 1. The average Bonchev–Trinajstić information content (AvgIpc) is 2.98. The van der Waals surface area contributed by atoms with E-state index in [1.807, 2.05) is 0 Å². The molecule has 0 aromatic carbocycles. The van der Waals surface area contributed by atoms with E-state index in [4.69, 9.17) is 4.74 Å². The van der Waals surface area contributed by atoms with Gasteiger partial charge in [0.15, 0.2) is 0 Å². The Hall–Kier alpha value is -0.940. The zero-order valence-corrected chi connectivity index (χ0v) is 16.5. The fourth-order valence-electron chi connectivity index (χ4n) is 6.70. The van der Waals surface area contributed by atoms with E-state index in [-0.39, 0.29) is 34.9 Å². The van der Waals surface area contributed by atoms with Gasteiger partial charge in [0.1, 0.15) is 18.5 Å². The largest absolute Gasteiger partial charge is 0.460 e. The first-order valence-electron chi connectivity index (χ1n) is 10.2. The molecule has 0 heterocycles. The first kappa shape index (κ1) is 19.8. The summed E-state index contributed by atoms with van der Waals surface area (Å²) in [6.07, 6.45) is 3.72. The van der Waals surface area contributed by atoms with E-state index in [1.165, 1.54) is 0 Å². The van der Waals surface area contributed by atoms with Crippen LogP contribution in [0.15, 0.2) is 0 Å². The molecule has 3 fully saturated rings. The number of aliphatic hydroxyl groups is 2. The SMILES string of the molecule is CCC1C[C@@H](OC(=O)CO)[C@@]2(C)C3C(=O)CCC3(CC[C@H]2C)[C@@H](C)[C@@H]1O. The molecule has 0 radical (unpaired) electrons. The van der Waals surface area contributed by atoms with Gasteiger partial charge in [-0.1, -0.05) is 34.1 Å². The first-order chi connectivity index (χ1) is 12.2. The van der Waals surface area contributed by atoms with Gasteiger partial charge in [0, 0.05) is 17.8 Å². The maximum Gasteiger partial charge on any atom is 0.332 e. The summed E-state index contributed by atoms with van der Waals surface area (Å²) in [6, 6.07) is 0. The Morgan fingerprint density at radius 3 is 2.62 bits per heavy atom. The number of rotatable bonds is 3. The summed E-state index contributed by atoms with van der Waals surface area (Å²) in [5.41, 5.74) is -0.645. The molecule has 0 aliphatic heterocycles. The minimum absolute atomic E-state index is 0.0274. The molecule has 0 aromatic rings. The molecule has 26 heavy (non-hydrogen) atoms. The molecule has 0 spiro atoms. The summed E-state index contributed by atoms with van der Waals surface area (Å²) < 4.78 is 5.75. The van der Waals surface area contributed by atoms with E-state index in [0.29, 0.717) is 12.8 Å². The molecule has 8 atom stereocenters. The molecule has 0 amide bonds. The van der Waals surface area contributed by atoms with E-state index in [1.54, 1.807) is 0 Å². The number of carbonyl (C=O) groups is 2. The molecule has 3 aliphatic rings. The number of esters is 1. The molecular formula is C21H34O5. The van der Waals surface area contributed by atoms with Crippen molar-refractivity contribution in [3.8, 4) is 0 Å². The fourth-order valence-corrected chi connectivity index (χ4v) is 6.70. The smallest absolute Gasteiger partial charge is 0.332 e. The second kappa shape index (κ2) is 6.90. The van der Waals surface area contributed by atoms with Crippen molar-refractivity contribution in [2.45, 2.75) is 78.4 Å². The Labute approximate surface area is 156 Å². The van der Waals surface area contributed by atoms with Gasteiger partial charge in [-0.15, -0.1) is 0 Å². The van der Waals surface area contributed by atoms with Crippen LogP contribution in [0.25, 0.3) is 0 Å². The quantitative estimate of drug-likeness (QED) is 0.750. The van der Waals surface area contributed by atoms with Crippen LogP contribution in [0.2, 0.25) is 0 Å². The van der Waals surface area contributed by atoms with E-state index in [2.05, 4.69) is 27.7 Å². The predicted octanol–water partition coefficient (Wildman–Crippen LogP) is 2.72. The van der Waals surface area contributed by atoms with Gasteiger partial charge in [0.25, 0.3) is 0 Å². The highest BCUT2D eigenvalue weighted by atomic mass is 16.6. The van der Waals surface area contributed by atoms with Gasteiger partial charge in [0.05, 0.1) is 6.10 Å². The van der Waals surface area contributed by atoms with E-state index < -0.39 is 30.2 Å². The van der Waals surface area contributed by atoms with Crippen LogP contribution < -0.4 is 0 Å². The molecule has 5 heteroatoms. The fraction of sp³-hybridized carbons (Fsp3) is 0.905. The summed E-state index contributed by atoms with van der Waals surface area (Å²) >= 11 is 0. The van der Waals surface area contributed by atoms with Crippen LogP contribution >= 0.6 is 0 Å². The standard InChI is InChI=1S/C21H34O5/c1-5-14-10-16(26-17(24)11-22)20(4)12(2)6-8-21(13(3)18(14)25)9-7-15(23)19(20)21/h12-14,16,18-19,22,25H,5-11H2,1-4H3/t12-,13+,14?,16-,18+,19?,20+,21?/m1/s1. The van der Waals surface area contributed by atoms with Gasteiger partial charge in [-0.2, -0.15) is 0 Å². The van der Waals surface area contributed by atoms with Crippen molar-refractivity contribution in [3.63, 3.8) is 0 Å².